The van der Waals surface area contributed by atoms with Gasteiger partial charge in [0.2, 0.25) is 5.76 Å². The number of benzene rings is 1. The molecule has 0 aliphatic carbocycles. The van der Waals surface area contributed by atoms with Crippen molar-refractivity contribution in [2.45, 2.75) is 32.9 Å². The Morgan fingerprint density at radius 2 is 1.83 bits per heavy atom. The molecule has 1 saturated heterocycles. The molecule has 1 aromatic heterocycles. The van der Waals surface area contributed by atoms with Crippen LogP contribution >= 0.6 is 0 Å². The van der Waals surface area contributed by atoms with Crippen LogP contribution < -0.4 is 10.1 Å². The second kappa shape index (κ2) is 7.83. The normalized spacial score (nSPS) is 15.6. The van der Waals surface area contributed by atoms with Crippen LogP contribution in [0.25, 0.3) is 6.08 Å². The van der Waals surface area contributed by atoms with Crippen molar-refractivity contribution in [3.05, 3.63) is 59.2 Å². The summed E-state index contributed by atoms with van der Waals surface area (Å²) in [5.74, 6) is -0.113. The van der Waals surface area contributed by atoms with Crippen molar-refractivity contribution < 1.29 is 28.3 Å². The summed E-state index contributed by atoms with van der Waals surface area (Å²) in [7, 11) is 1.24. The van der Waals surface area contributed by atoms with E-state index in [1.54, 1.807) is 30.3 Å². The first-order valence-corrected chi connectivity index (χ1v) is 8.97. The van der Waals surface area contributed by atoms with Gasteiger partial charge in [-0.05, 0) is 56.7 Å². The number of amides is 3. The van der Waals surface area contributed by atoms with E-state index in [2.05, 4.69) is 10.1 Å². The minimum absolute atomic E-state index is 0.00267. The highest BCUT2D eigenvalue weighted by Crippen LogP contribution is 2.22. The molecule has 0 bridgehead atoms. The number of hydrogen-bond donors (Lipinski definition) is 1. The fraction of sp³-hybridized carbons (Fsp3) is 0.286. The van der Waals surface area contributed by atoms with E-state index in [1.807, 2.05) is 20.8 Å². The number of ether oxygens (including phenoxy) is 2. The highest BCUT2D eigenvalue weighted by molar-refractivity contribution is 6.13. The molecular formula is C21H22N2O6. The van der Waals surface area contributed by atoms with E-state index >= 15 is 0 Å². The summed E-state index contributed by atoms with van der Waals surface area (Å²) in [5.41, 5.74) is 0.581. The van der Waals surface area contributed by atoms with Crippen LogP contribution in [0.2, 0.25) is 0 Å². The Balaban J connectivity index is 1.71. The first-order chi connectivity index (χ1) is 13.7. The summed E-state index contributed by atoms with van der Waals surface area (Å²) >= 11 is 0. The average molecular weight is 398 g/mol. The Morgan fingerprint density at radius 1 is 1.14 bits per heavy atom. The molecule has 0 atom stereocenters. The summed E-state index contributed by atoms with van der Waals surface area (Å²) in [6.07, 6.45) is 1.59. The van der Waals surface area contributed by atoms with E-state index in [0.717, 1.165) is 10.5 Å². The van der Waals surface area contributed by atoms with Gasteiger partial charge >= 0.3 is 12.0 Å². The van der Waals surface area contributed by atoms with Crippen molar-refractivity contribution in [2.75, 3.05) is 7.11 Å². The molecule has 0 unspecified atom stereocenters. The molecule has 2 heterocycles. The molecule has 3 amide bonds. The largest absolute Gasteiger partial charge is 0.488 e. The van der Waals surface area contributed by atoms with E-state index in [-0.39, 0.29) is 23.6 Å². The standard InChI is InChI=1S/C21H22N2O6/c1-21(2,3)29-14-7-5-13(6-8-14)11-16-18(24)23(20(26)22-16)12-15-9-10-17(28-15)19(25)27-4/h5-11H,12H2,1-4H3,(H,22,26). The van der Waals surface area contributed by atoms with Crippen molar-refractivity contribution in [1.82, 2.24) is 10.2 Å². The van der Waals surface area contributed by atoms with Gasteiger partial charge in [-0.15, -0.1) is 0 Å². The van der Waals surface area contributed by atoms with E-state index in [4.69, 9.17) is 9.15 Å². The highest BCUT2D eigenvalue weighted by atomic mass is 16.5. The zero-order valence-corrected chi connectivity index (χ0v) is 16.6. The van der Waals surface area contributed by atoms with Crippen molar-refractivity contribution in [3.8, 4) is 5.75 Å². The van der Waals surface area contributed by atoms with Gasteiger partial charge in [0.05, 0.1) is 13.7 Å². The molecule has 1 aliphatic rings. The first kappa shape index (κ1) is 20.2. The van der Waals surface area contributed by atoms with Crippen LogP contribution in [0, 0.1) is 0 Å². The molecule has 152 valence electrons. The van der Waals surface area contributed by atoms with E-state index in [1.165, 1.54) is 19.2 Å². The lowest BCUT2D eigenvalue weighted by atomic mass is 10.1. The molecule has 1 aromatic carbocycles. The summed E-state index contributed by atoms with van der Waals surface area (Å²) in [6, 6.07) is 9.57. The van der Waals surface area contributed by atoms with Crippen LogP contribution in [0.3, 0.4) is 0 Å². The second-order valence-electron chi connectivity index (χ2n) is 7.42. The van der Waals surface area contributed by atoms with Gasteiger partial charge in [-0.2, -0.15) is 0 Å². The molecular weight excluding hydrogens is 376 g/mol. The second-order valence-corrected chi connectivity index (χ2v) is 7.42. The molecule has 1 fully saturated rings. The van der Waals surface area contributed by atoms with Crippen LogP contribution in [-0.2, 0) is 16.1 Å². The van der Waals surface area contributed by atoms with Gasteiger partial charge in [0, 0.05) is 0 Å². The molecule has 1 aliphatic heterocycles. The number of imide groups is 1. The summed E-state index contributed by atoms with van der Waals surface area (Å²) in [5, 5.41) is 2.55. The van der Waals surface area contributed by atoms with Gasteiger partial charge < -0.3 is 19.2 Å². The van der Waals surface area contributed by atoms with Gasteiger partial charge in [-0.3, -0.25) is 9.69 Å². The number of furan rings is 1. The third kappa shape index (κ3) is 4.84. The number of hydrogen-bond acceptors (Lipinski definition) is 6. The predicted molar refractivity (Wildman–Crippen MR) is 104 cm³/mol. The molecule has 0 saturated carbocycles. The molecule has 1 N–H and O–H groups in total. The molecule has 0 radical (unpaired) electrons. The first-order valence-electron chi connectivity index (χ1n) is 8.97. The van der Waals surface area contributed by atoms with Crippen LogP contribution in [0.5, 0.6) is 5.75 Å². The third-order valence-corrected chi connectivity index (χ3v) is 3.94. The highest BCUT2D eigenvalue weighted by Gasteiger charge is 2.34. The minimum Gasteiger partial charge on any atom is -0.488 e. The maximum Gasteiger partial charge on any atom is 0.373 e. The summed E-state index contributed by atoms with van der Waals surface area (Å²) in [6.45, 7) is 5.77. The maximum atomic E-state index is 12.6. The predicted octanol–water partition coefficient (Wildman–Crippen LogP) is 3.34. The van der Waals surface area contributed by atoms with E-state index < -0.39 is 17.9 Å². The molecule has 8 heteroatoms. The molecule has 2 aromatic rings. The summed E-state index contributed by atoms with van der Waals surface area (Å²) in [4.78, 5) is 37.2. The zero-order chi connectivity index (χ0) is 21.2. The number of urea groups is 1. The monoisotopic (exact) mass is 398 g/mol. The smallest absolute Gasteiger partial charge is 0.373 e. The summed E-state index contributed by atoms with van der Waals surface area (Å²) < 4.78 is 15.7. The van der Waals surface area contributed by atoms with Crippen molar-refractivity contribution >= 4 is 24.0 Å². The van der Waals surface area contributed by atoms with Crippen LogP contribution in [0.1, 0.15) is 42.6 Å². The Bertz CT molecular complexity index is 966. The number of carbonyl (C=O) groups is 3. The Morgan fingerprint density at radius 3 is 2.45 bits per heavy atom. The van der Waals surface area contributed by atoms with Gasteiger partial charge in [0.1, 0.15) is 22.8 Å². The quantitative estimate of drug-likeness (QED) is 0.471. The molecule has 29 heavy (non-hydrogen) atoms. The van der Waals surface area contributed by atoms with Crippen molar-refractivity contribution in [3.63, 3.8) is 0 Å². The number of carbonyl (C=O) groups excluding carboxylic acids is 3. The number of nitrogens with zero attached hydrogens (tertiary/aromatic N) is 1. The van der Waals surface area contributed by atoms with Crippen LogP contribution in [0.4, 0.5) is 4.79 Å². The SMILES string of the molecule is COC(=O)c1ccc(CN2C(=O)NC(=Cc3ccc(OC(C)(C)C)cc3)C2=O)o1. The van der Waals surface area contributed by atoms with Gasteiger partial charge in [-0.1, -0.05) is 12.1 Å². The number of methoxy groups -OCH3 is 1. The fourth-order valence-electron chi connectivity index (χ4n) is 2.70. The number of nitrogens with one attached hydrogen (secondary N) is 1. The zero-order valence-electron chi connectivity index (χ0n) is 16.6. The van der Waals surface area contributed by atoms with Gasteiger partial charge in [-0.25, -0.2) is 9.59 Å². The lowest BCUT2D eigenvalue weighted by Crippen LogP contribution is -2.30. The third-order valence-electron chi connectivity index (χ3n) is 3.94. The Labute approximate surface area is 168 Å². The maximum absolute atomic E-state index is 12.6. The van der Waals surface area contributed by atoms with E-state index in [0.29, 0.717) is 11.5 Å². The van der Waals surface area contributed by atoms with Crippen molar-refractivity contribution in [2.24, 2.45) is 0 Å². The Hall–Kier alpha value is -3.55. The minimum atomic E-state index is -0.632. The lowest BCUT2D eigenvalue weighted by molar-refractivity contribution is -0.123. The van der Waals surface area contributed by atoms with E-state index in [9.17, 15) is 14.4 Å². The Kier molecular flexibility index (Phi) is 5.45. The number of esters is 1. The van der Waals surface area contributed by atoms with Crippen molar-refractivity contribution in [1.29, 1.82) is 0 Å². The molecule has 8 nitrogen and oxygen atoms in total. The lowest BCUT2D eigenvalue weighted by Gasteiger charge is -2.21. The topological polar surface area (TPSA) is 98.1 Å². The van der Waals surface area contributed by atoms with Gasteiger partial charge in [0.15, 0.2) is 0 Å². The fourth-order valence-corrected chi connectivity index (χ4v) is 2.70. The average Bonchev–Trinajstić information content (AvgIpc) is 3.22. The van der Waals surface area contributed by atoms with Crippen LogP contribution in [0.15, 0.2) is 46.5 Å². The molecule has 3 rings (SSSR count). The molecule has 0 spiro atoms. The van der Waals surface area contributed by atoms with Gasteiger partial charge in [0.25, 0.3) is 5.91 Å². The van der Waals surface area contributed by atoms with Crippen LogP contribution in [-0.4, -0.2) is 35.5 Å². The number of rotatable bonds is 5.